The molecule has 4 heteroatoms. The molecular formula is C5H6N2S2. The monoisotopic (exact) mass is 158 g/mol. The normalized spacial score (nSPS) is 10.8. The number of isothiocyanates is 2. The minimum absolute atomic E-state index is 0.0814. The zero-order valence-electron chi connectivity index (χ0n) is 5.00. The molecule has 0 saturated carbocycles. The molecule has 1 atom stereocenters. The molecule has 0 spiro atoms. The molecule has 1 unspecified atom stereocenters. The van der Waals surface area contributed by atoms with Gasteiger partial charge in [-0.1, -0.05) is 0 Å². The Bertz CT molecular complexity index is 166. The van der Waals surface area contributed by atoms with Gasteiger partial charge in [-0.05, 0) is 31.4 Å². The molecule has 0 aliphatic rings. The lowest BCUT2D eigenvalue weighted by Gasteiger charge is -1.93. The standard InChI is InChI=1S/C5H6N2S2/c1-5(7-4-9)2-6-3-8/h5H,2H2,1H3. The molecule has 48 valence electrons. The van der Waals surface area contributed by atoms with Crippen LogP contribution in [0.5, 0.6) is 0 Å². The van der Waals surface area contributed by atoms with Crippen molar-refractivity contribution < 1.29 is 0 Å². The van der Waals surface area contributed by atoms with Crippen molar-refractivity contribution in [3.8, 4) is 0 Å². The van der Waals surface area contributed by atoms with Crippen molar-refractivity contribution >= 4 is 34.8 Å². The van der Waals surface area contributed by atoms with Crippen molar-refractivity contribution in [2.75, 3.05) is 6.54 Å². The molecule has 0 aromatic carbocycles. The fraction of sp³-hybridized carbons (Fsp3) is 0.600. The molecule has 0 heterocycles. The Morgan fingerprint density at radius 1 is 1.44 bits per heavy atom. The largest absolute Gasteiger partial charge is 0.230 e. The molecule has 0 rings (SSSR count). The molecular weight excluding hydrogens is 152 g/mol. The third-order valence-corrected chi connectivity index (χ3v) is 0.928. The Balaban J connectivity index is 3.62. The Labute approximate surface area is 64.7 Å². The summed E-state index contributed by atoms with van der Waals surface area (Å²) in [6, 6.07) is 0.0814. The lowest BCUT2D eigenvalue weighted by molar-refractivity contribution is 0.765. The van der Waals surface area contributed by atoms with E-state index in [1.807, 2.05) is 6.92 Å². The molecule has 9 heavy (non-hydrogen) atoms. The van der Waals surface area contributed by atoms with Crippen molar-refractivity contribution in [2.45, 2.75) is 13.0 Å². The van der Waals surface area contributed by atoms with Crippen LogP contribution in [0.25, 0.3) is 0 Å². The maximum atomic E-state index is 4.37. The van der Waals surface area contributed by atoms with Crippen LogP contribution in [0.3, 0.4) is 0 Å². The second kappa shape index (κ2) is 5.73. The van der Waals surface area contributed by atoms with E-state index >= 15 is 0 Å². The maximum absolute atomic E-state index is 4.37. The molecule has 0 bridgehead atoms. The summed E-state index contributed by atoms with van der Waals surface area (Å²) in [5, 5.41) is 4.51. The topological polar surface area (TPSA) is 24.7 Å². The Hall–Kier alpha value is -0.400. The maximum Gasteiger partial charge on any atom is 0.0777 e. The first-order chi connectivity index (χ1) is 4.31. The van der Waals surface area contributed by atoms with Gasteiger partial charge in [0.2, 0.25) is 0 Å². The Kier molecular flexibility index (Phi) is 5.48. The molecule has 0 saturated heterocycles. The number of hydrogen-bond donors (Lipinski definition) is 0. The summed E-state index contributed by atoms with van der Waals surface area (Å²) in [5.41, 5.74) is 0. The molecule has 2 nitrogen and oxygen atoms in total. The van der Waals surface area contributed by atoms with Crippen LogP contribution in [0.1, 0.15) is 6.92 Å². The molecule has 0 N–H and O–H groups in total. The van der Waals surface area contributed by atoms with Crippen molar-refractivity contribution in [3.63, 3.8) is 0 Å². The summed E-state index contributed by atoms with van der Waals surface area (Å²) >= 11 is 8.72. The van der Waals surface area contributed by atoms with E-state index in [2.05, 4.69) is 44.7 Å². The molecule has 0 amide bonds. The van der Waals surface area contributed by atoms with E-state index in [0.717, 1.165) is 0 Å². The van der Waals surface area contributed by atoms with Gasteiger partial charge in [0.15, 0.2) is 0 Å². The van der Waals surface area contributed by atoms with Gasteiger partial charge in [-0.3, -0.25) is 0 Å². The summed E-state index contributed by atoms with van der Waals surface area (Å²) < 4.78 is 0. The van der Waals surface area contributed by atoms with E-state index in [1.54, 1.807) is 0 Å². The van der Waals surface area contributed by atoms with Crippen LogP contribution in [0.2, 0.25) is 0 Å². The fourth-order valence-corrected chi connectivity index (χ4v) is 0.555. The SMILES string of the molecule is CC(CN=C=S)N=C=S. The molecule has 0 aromatic heterocycles. The van der Waals surface area contributed by atoms with Crippen LogP contribution in [0.4, 0.5) is 0 Å². The zero-order chi connectivity index (χ0) is 7.11. The van der Waals surface area contributed by atoms with E-state index in [-0.39, 0.29) is 6.04 Å². The van der Waals surface area contributed by atoms with Crippen molar-refractivity contribution in [1.82, 2.24) is 0 Å². The molecule has 0 aliphatic heterocycles. The van der Waals surface area contributed by atoms with Crippen LogP contribution in [0, 0.1) is 0 Å². The quantitative estimate of drug-likeness (QED) is 0.460. The average molecular weight is 158 g/mol. The fourth-order valence-electron chi connectivity index (χ4n) is 0.300. The summed E-state index contributed by atoms with van der Waals surface area (Å²) in [4.78, 5) is 7.42. The number of nitrogens with zero attached hydrogens (tertiary/aromatic N) is 2. The highest BCUT2D eigenvalue weighted by Gasteiger charge is 1.91. The van der Waals surface area contributed by atoms with Crippen LogP contribution < -0.4 is 0 Å². The Morgan fingerprint density at radius 3 is 2.56 bits per heavy atom. The first kappa shape index (κ1) is 8.60. The van der Waals surface area contributed by atoms with Gasteiger partial charge >= 0.3 is 0 Å². The predicted molar refractivity (Wildman–Crippen MR) is 44.4 cm³/mol. The molecule has 0 aromatic rings. The predicted octanol–water partition coefficient (Wildman–Crippen LogP) is 1.58. The molecule has 0 aliphatic carbocycles. The highest BCUT2D eigenvalue weighted by molar-refractivity contribution is 7.78. The second-order valence-electron chi connectivity index (χ2n) is 1.50. The van der Waals surface area contributed by atoms with Crippen molar-refractivity contribution in [2.24, 2.45) is 9.98 Å². The zero-order valence-corrected chi connectivity index (χ0v) is 6.63. The second-order valence-corrected chi connectivity index (χ2v) is 1.87. The van der Waals surface area contributed by atoms with Crippen LogP contribution in [-0.2, 0) is 0 Å². The summed E-state index contributed by atoms with van der Waals surface area (Å²) in [6.07, 6.45) is 0. The van der Waals surface area contributed by atoms with Gasteiger partial charge < -0.3 is 0 Å². The minimum atomic E-state index is 0.0814. The van der Waals surface area contributed by atoms with Gasteiger partial charge in [0.05, 0.1) is 22.9 Å². The van der Waals surface area contributed by atoms with Crippen LogP contribution in [-0.4, -0.2) is 22.9 Å². The third kappa shape index (κ3) is 5.47. The average Bonchev–Trinajstić information content (AvgIpc) is 1.85. The van der Waals surface area contributed by atoms with Crippen molar-refractivity contribution in [1.29, 1.82) is 0 Å². The van der Waals surface area contributed by atoms with E-state index in [4.69, 9.17) is 0 Å². The van der Waals surface area contributed by atoms with Gasteiger partial charge in [-0.2, -0.15) is 0 Å². The summed E-state index contributed by atoms with van der Waals surface area (Å²) in [7, 11) is 0. The Morgan fingerprint density at radius 2 is 2.11 bits per heavy atom. The lowest BCUT2D eigenvalue weighted by Crippen LogP contribution is -2.00. The molecule has 0 radical (unpaired) electrons. The third-order valence-electron chi connectivity index (χ3n) is 0.693. The highest BCUT2D eigenvalue weighted by atomic mass is 32.1. The van der Waals surface area contributed by atoms with Gasteiger partial charge in [0.25, 0.3) is 0 Å². The number of aliphatic imine (C=N–C) groups is 2. The van der Waals surface area contributed by atoms with E-state index in [1.165, 1.54) is 0 Å². The van der Waals surface area contributed by atoms with Gasteiger partial charge in [-0.15, -0.1) is 0 Å². The molecule has 0 fully saturated rings. The smallest absolute Gasteiger partial charge is 0.0777 e. The van der Waals surface area contributed by atoms with Gasteiger partial charge in [-0.25, -0.2) is 9.98 Å². The number of rotatable bonds is 3. The van der Waals surface area contributed by atoms with Crippen LogP contribution >= 0.6 is 24.4 Å². The minimum Gasteiger partial charge on any atom is -0.230 e. The van der Waals surface area contributed by atoms with E-state index in [9.17, 15) is 0 Å². The number of thiocarbonyl (C=S) groups is 2. The summed E-state index contributed by atoms with van der Waals surface area (Å²) in [6.45, 7) is 2.43. The highest BCUT2D eigenvalue weighted by Crippen LogP contribution is 1.86. The van der Waals surface area contributed by atoms with Gasteiger partial charge in [0.1, 0.15) is 0 Å². The number of hydrogen-bond acceptors (Lipinski definition) is 4. The first-order valence-electron chi connectivity index (χ1n) is 2.42. The van der Waals surface area contributed by atoms with Crippen molar-refractivity contribution in [3.05, 3.63) is 0 Å². The van der Waals surface area contributed by atoms with E-state index < -0.39 is 0 Å². The van der Waals surface area contributed by atoms with Gasteiger partial charge in [0, 0.05) is 0 Å². The first-order valence-corrected chi connectivity index (χ1v) is 3.23. The lowest BCUT2D eigenvalue weighted by atomic mass is 10.4. The summed E-state index contributed by atoms with van der Waals surface area (Å²) in [5.74, 6) is 0. The van der Waals surface area contributed by atoms with Crippen LogP contribution in [0.15, 0.2) is 9.98 Å². The van der Waals surface area contributed by atoms with E-state index in [0.29, 0.717) is 6.54 Å².